The van der Waals surface area contributed by atoms with E-state index >= 15 is 0 Å². The number of allylic oxidation sites excluding steroid dienone is 1. The molecule has 0 aromatic heterocycles. The Hall–Kier alpha value is -2.24. The van der Waals surface area contributed by atoms with Gasteiger partial charge < -0.3 is 10.4 Å². The Kier molecular flexibility index (Phi) is 7.94. The summed E-state index contributed by atoms with van der Waals surface area (Å²) in [6, 6.07) is 1.65. The highest BCUT2D eigenvalue weighted by Crippen LogP contribution is 2.11. The summed E-state index contributed by atoms with van der Waals surface area (Å²) in [4.78, 5) is 23.1. The lowest BCUT2D eigenvalue weighted by Crippen LogP contribution is -2.40. The summed E-state index contributed by atoms with van der Waals surface area (Å²) in [5, 5.41) is 11.5. The van der Waals surface area contributed by atoms with Crippen LogP contribution in [0.1, 0.15) is 48.9 Å². The average molecular weight is 325 g/mol. The molecule has 0 aliphatic carbocycles. The summed E-state index contributed by atoms with van der Waals surface area (Å²) >= 11 is 0. The van der Waals surface area contributed by atoms with Crippen LogP contribution in [0.5, 0.6) is 0 Å². The normalized spacial score (nSPS) is 11.7. The number of carboxylic acid groups (broad SMARTS) is 1. The molecule has 126 valence electrons. The highest BCUT2D eigenvalue weighted by Gasteiger charge is 2.20. The van der Waals surface area contributed by atoms with Crippen LogP contribution in [0.15, 0.2) is 30.9 Å². The SMILES string of the molecule is C=CCCCCCC[C@H](NC(=O)c1ccc(F)c(F)c1)C(=O)O. The topological polar surface area (TPSA) is 66.4 Å². The van der Waals surface area contributed by atoms with E-state index in [9.17, 15) is 18.4 Å². The smallest absolute Gasteiger partial charge is 0.326 e. The van der Waals surface area contributed by atoms with Crippen molar-refractivity contribution in [1.82, 2.24) is 5.32 Å². The minimum Gasteiger partial charge on any atom is -0.480 e. The summed E-state index contributed by atoms with van der Waals surface area (Å²) in [6.07, 6.45) is 6.54. The summed E-state index contributed by atoms with van der Waals surface area (Å²) in [5.41, 5.74) is -0.110. The van der Waals surface area contributed by atoms with Gasteiger partial charge in [0.25, 0.3) is 5.91 Å². The van der Waals surface area contributed by atoms with Gasteiger partial charge >= 0.3 is 5.97 Å². The standard InChI is InChI=1S/C17H21F2NO3/c1-2-3-4-5-6-7-8-15(17(22)23)20-16(21)12-9-10-13(18)14(19)11-12/h2,9-11,15H,1,3-8H2,(H,20,21)(H,22,23)/t15-/m0/s1. The van der Waals surface area contributed by atoms with Gasteiger partial charge in [0.2, 0.25) is 0 Å². The van der Waals surface area contributed by atoms with E-state index in [0.29, 0.717) is 12.8 Å². The molecule has 23 heavy (non-hydrogen) atoms. The number of carbonyl (C=O) groups is 2. The zero-order valence-corrected chi connectivity index (χ0v) is 12.9. The van der Waals surface area contributed by atoms with E-state index < -0.39 is 29.6 Å². The van der Waals surface area contributed by atoms with E-state index in [4.69, 9.17) is 5.11 Å². The number of benzene rings is 1. The van der Waals surface area contributed by atoms with Crippen LogP contribution in [-0.2, 0) is 4.79 Å². The van der Waals surface area contributed by atoms with Gasteiger partial charge in [0.15, 0.2) is 11.6 Å². The highest BCUT2D eigenvalue weighted by molar-refractivity contribution is 5.96. The predicted octanol–water partition coefficient (Wildman–Crippen LogP) is 3.67. The van der Waals surface area contributed by atoms with Crippen molar-refractivity contribution in [1.29, 1.82) is 0 Å². The van der Waals surface area contributed by atoms with Gasteiger partial charge in [-0.05, 0) is 37.5 Å². The molecule has 1 amide bonds. The second kappa shape index (κ2) is 9.71. The van der Waals surface area contributed by atoms with Crippen LogP contribution in [0.3, 0.4) is 0 Å². The Labute approximate surface area is 134 Å². The van der Waals surface area contributed by atoms with Gasteiger partial charge in [-0.25, -0.2) is 13.6 Å². The molecule has 1 atom stereocenters. The van der Waals surface area contributed by atoms with Crippen molar-refractivity contribution in [2.75, 3.05) is 0 Å². The Bertz CT molecular complexity index is 561. The Balaban J connectivity index is 2.51. The summed E-state index contributed by atoms with van der Waals surface area (Å²) in [7, 11) is 0. The molecule has 1 aromatic rings. The van der Waals surface area contributed by atoms with Crippen molar-refractivity contribution in [2.45, 2.75) is 44.6 Å². The molecule has 0 fully saturated rings. The average Bonchev–Trinajstić information content (AvgIpc) is 2.51. The summed E-state index contributed by atoms with van der Waals surface area (Å²) in [6.45, 7) is 3.63. The van der Waals surface area contributed by atoms with Crippen molar-refractivity contribution < 1.29 is 23.5 Å². The number of hydrogen-bond acceptors (Lipinski definition) is 2. The highest BCUT2D eigenvalue weighted by atomic mass is 19.2. The number of rotatable bonds is 10. The maximum Gasteiger partial charge on any atom is 0.326 e. The van der Waals surface area contributed by atoms with Gasteiger partial charge in [-0.3, -0.25) is 4.79 Å². The molecule has 6 heteroatoms. The molecule has 0 radical (unpaired) electrons. The second-order valence-electron chi connectivity index (χ2n) is 5.27. The third kappa shape index (κ3) is 6.59. The van der Waals surface area contributed by atoms with E-state index in [-0.39, 0.29) is 5.56 Å². The van der Waals surface area contributed by atoms with Crippen molar-refractivity contribution in [3.05, 3.63) is 48.1 Å². The fourth-order valence-corrected chi connectivity index (χ4v) is 2.13. The maximum atomic E-state index is 13.1. The van der Waals surface area contributed by atoms with Crippen LogP contribution in [0, 0.1) is 11.6 Å². The molecule has 0 aliphatic rings. The zero-order valence-electron chi connectivity index (χ0n) is 12.9. The zero-order chi connectivity index (χ0) is 17.2. The lowest BCUT2D eigenvalue weighted by molar-refractivity contribution is -0.139. The van der Waals surface area contributed by atoms with Crippen LogP contribution in [0.4, 0.5) is 8.78 Å². The fourth-order valence-electron chi connectivity index (χ4n) is 2.13. The first-order valence-corrected chi connectivity index (χ1v) is 7.55. The molecule has 1 aromatic carbocycles. The van der Waals surface area contributed by atoms with Gasteiger partial charge in [-0.1, -0.05) is 25.3 Å². The Morgan fingerprint density at radius 1 is 1.17 bits per heavy atom. The third-order valence-electron chi connectivity index (χ3n) is 3.44. The molecule has 2 N–H and O–H groups in total. The van der Waals surface area contributed by atoms with Crippen LogP contribution >= 0.6 is 0 Å². The first-order valence-electron chi connectivity index (χ1n) is 7.55. The lowest BCUT2D eigenvalue weighted by atomic mass is 10.1. The van der Waals surface area contributed by atoms with Gasteiger partial charge in [0.05, 0.1) is 0 Å². The van der Waals surface area contributed by atoms with Gasteiger partial charge in [-0.15, -0.1) is 6.58 Å². The molecule has 1 rings (SSSR count). The van der Waals surface area contributed by atoms with Crippen LogP contribution in [0.25, 0.3) is 0 Å². The number of aliphatic carboxylic acids is 1. The van der Waals surface area contributed by atoms with E-state index in [1.54, 1.807) is 0 Å². The number of amides is 1. The van der Waals surface area contributed by atoms with Crippen molar-refractivity contribution in [3.63, 3.8) is 0 Å². The summed E-state index contributed by atoms with van der Waals surface area (Å²) < 4.78 is 25.9. The van der Waals surface area contributed by atoms with Crippen molar-refractivity contribution >= 4 is 11.9 Å². The number of nitrogens with one attached hydrogen (secondary N) is 1. The van der Waals surface area contributed by atoms with E-state index in [1.807, 2.05) is 6.08 Å². The van der Waals surface area contributed by atoms with Crippen molar-refractivity contribution in [2.24, 2.45) is 0 Å². The number of halogens is 2. The molecular formula is C17H21F2NO3. The first kappa shape index (κ1) is 18.8. The second-order valence-corrected chi connectivity index (χ2v) is 5.27. The number of unbranched alkanes of at least 4 members (excludes halogenated alkanes) is 4. The van der Waals surface area contributed by atoms with Gasteiger partial charge in [0, 0.05) is 5.56 Å². The minimum atomic E-state index is -1.15. The predicted molar refractivity (Wildman–Crippen MR) is 83.1 cm³/mol. The Morgan fingerprint density at radius 2 is 1.87 bits per heavy atom. The molecule has 0 bridgehead atoms. The van der Waals surface area contributed by atoms with Crippen LogP contribution in [-0.4, -0.2) is 23.0 Å². The maximum absolute atomic E-state index is 13.1. The first-order chi connectivity index (χ1) is 11.0. The molecule has 0 spiro atoms. The van der Waals surface area contributed by atoms with Gasteiger partial charge in [0.1, 0.15) is 6.04 Å². The molecule has 0 heterocycles. The van der Waals surface area contributed by atoms with Crippen LogP contribution in [0.2, 0.25) is 0 Å². The van der Waals surface area contributed by atoms with Crippen LogP contribution < -0.4 is 5.32 Å². The number of carbonyl (C=O) groups excluding carboxylic acids is 1. The van der Waals surface area contributed by atoms with E-state index in [1.165, 1.54) is 0 Å². The molecule has 4 nitrogen and oxygen atoms in total. The third-order valence-corrected chi connectivity index (χ3v) is 3.44. The van der Waals surface area contributed by atoms with Gasteiger partial charge in [-0.2, -0.15) is 0 Å². The van der Waals surface area contributed by atoms with Crippen molar-refractivity contribution in [3.8, 4) is 0 Å². The Morgan fingerprint density at radius 3 is 2.48 bits per heavy atom. The summed E-state index contributed by atoms with van der Waals surface area (Å²) in [5.74, 6) is -4.09. The molecule has 0 saturated heterocycles. The quantitative estimate of drug-likeness (QED) is 0.509. The lowest BCUT2D eigenvalue weighted by Gasteiger charge is -2.14. The van der Waals surface area contributed by atoms with E-state index in [0.717, 1.165) is 43.9 Å². The molecule has 0 aliphatic heterocycles. The largest absolute Gasteiger partial charge is 0.480 e. The number of hydrogen-bond donors (Lipinski definition) is 2. The monoisotopic (exact) mass is 325 g/mol. The van der Waals surface area contributed by atoms with E-state index in [2.05, 4.69) is 11.9 Å². The molecule has 0 saturated carbocycles. The minimum absolute atomic E-state index is 0.110. The number of carboxylic acids is 1. The fraction of sp³-hybridized carbons (Fsp3) is 0.412. The molecular weight excluding hydrogens is 304 g/mol. The molecule has 0 unspecified atom stereocenters.